The molecule has 4 nitrogen and oxygen atoms in total. The Labute approximate surface area is 150 Å². The van der Waals surface area contributed by atoms with E-state index in [2.05, 4.69) is 19.9 Å². The van der Waals surface area contributed by atoms with Crippen molar-refractivity contribution in [2.45, 2.75) is 71.8 Å². The van der Waals surface area contributed by atoms with Gasteiger partial charge in [-0.25, -0.2) is 0 Å². The number of carbonyl (C=O) groups excluding carboxylic acids is 2. The van der Waals surface area contributed by atoms with Crippen LogP contribution in [-0.2, 0) is 19.1 Å². The minimum absolute atomic E-state index is 0.0124. The van der Waals surface area contributed by atoms with Crippen LogP contribution in [0.15, 0.2) is 11.6 Å². The number of fused-ring (bicyclic) bond motifs is 5. The molecule has 0 spiro atoms. The Balaban J connectivity index is 1.59. The van der Waals surface area contributed by atoms with Crippen molar-refractivity contribution in [1.82, 2.24) is 0 Å². The van der Waals surface area contributed by atoms with Crippen LogP contribution < -0.4 is 0 Å². The minimum atomic E-state index is -0.169. The van der Waals surface area contributed by atoms with E-state index in [9.17, 15) is 9.59 Å². The van der Waals surface area contributed by atoms with E-state index in [0.717, 1.165) is 32.1 Å². The third-order valence-corrected chi connectivity index (χ3v) is 7.86. The Morgan fingerprint density at radius 3 is 2.76 bits per heavy atom. The number of ether oxygens (including phenoxy) is 2. The Hall–Kier alpha value is -1.32. The standard InChI is InChI=1S/C21H30O4/c1-13(22)25-15-6-9-21(3)14(10-15)4-5-16-17(21)7-8-20(2)12-24-19(23)11-18(16)20/h4,15-18H,5-12H2,1-3H3/t15-,16+,17-,18-,20+,21-/m0/s1. The third-order valence-electron chi connectivity index (χ3n) is 7.86. The molecule has 1 heterocycles. The molecule has 0 bridgehead atoms. The molecular formula is C21H30O4. The van der Waals surface area contributed by atoms with E-state index in [0.29, 0.717) is 30.8 Å². The van der Waals surface area contributed by atoms with Crippen molar-refractivity contribution in [2.75, 3.05) is 6.61 Å². The molecule has 3 aliphatic carbocycles. The van der Waals surface area contributed by atoms with E-state index >= 15 is 0 Å². The summed E-state index contributed by atoms with van der Waals surface area (Å²) in [4.78, 5) is 23.3. The van der Waals surface area contributed by atoms with Crippen molar-refractivity contribution in [3.63, 3.8) is 0 Å². The van der Waals surface area contributed by atoms with Crippen LogP contribution in [0.2, 0.25) is 0 Å². The summed E-state index contributed by atoms with van der Waals surface area (Å²) in [7, 11) is 0. The van der Waals surface area contributed by atoms with Gasteiger partial charge in [0.2, 0.25) is 0 Å². The smallest absolute Gasteiger partial charge is 0.306 e. The van der Waals surface area contributed by atoms with Gasteiger partial charge in [0.05, 0.1) is 6.61 Å². The summed E-state index contributed by atoms with van der Waals surface area (Å²) in [5, 5.41) is 0. The highest BCUT2D eigenvalue weighted by molar-refractivity contribution is 5.71. The molecule has 3 fully saturated rings. The monoisotopic (exact) mass is 346 g/mol. The SMILES string of the molecule is CC(=O)O[C@H]1CC[C@@]2(C)C(=CC[C@H]3[C@@H]4CC(=O)OC[C@@]4(C)CC[C@@H]32)C1. The summed E-state index contributed by atoms with van der Waals surface area (Å²) < 4.78 is 10.9. The van der Waals surface area contributed by atoms with Crippen molar-refractivity contribution < 1.29 is 19.1 Å². The van der Waals surface area contributed by atoms with E-state index in [1.54, 1.807) is 0 Å². The first-order valence-corrected chi connectivity index (χ1v) is 9.84. The zero-order chi connectivity index (χ0) is 17.8. The molecule has 4 aliphatic rings. The van der Waals surface area contributed by atoms with Gasteiger partial charge in [-0.15, -0.1) is 0 Å². The van der Waals surface area contributed by atoms with Crippen LogP contribution in [0, 0.1) is 28.6 Å². The molecule has 0 aromatic heterocycles. The topological polar surface area (TPSA) is 52.6 Å². The molecule has 6 atom stereocenters. The van der Waals surface area contributed by atoms with Gasteiger partial charge in [-0.05, 0) is 55.3 Å². The van der Waals surface area contributed by atoms with Crippen LogP contribution in [-0.4, -0.2) is 24.6 Å². The van der Waals surface area contributed by atoms with Crippen LogP contribution in [0.3, 0.4) is 0 Å². The molecular weight excluding hydrogens is 316 g/mol. The Morgan fingerprint density at radius 2 is 2.00 bits per heavy atom. The number of allylic oxidation sites excluding steroid dienone is 1. The average molecular weight is 346 g/mol. The van der Waals surface area contributed by atoms with Crippen molar-refractivity contribution in [1.29, 1.82) is 0 Å². The van der Waals surface area contributed by atoms with Crippen molar-refractivity contribution >= 4 is 11.9 Å². The molecule has 138 valence electrons. The van der Waals surface area contributed by atoms with Gasteiger partial charge >= 0.3 is 11.9 Å². The summed E-state index contributed by atoms with van der Waals surface area (Å²) >= 11 is 0. The van der Waals surface area contributed by atoms with Gasteiger partial charge in [-0.1, -0.05) is 25.5 Å². The van der Waals surface area contributed by atoms with Crippen LogP contribution in [0.4, 0.5) is 0 Å². The normalized spacial score (nSPS) is 46.0. The summed E-state index contributed by atoms with van der Waals surface area (Å²) in [5.41, 5.74) is 1.86. The molecule has 2 saturated carbocycles. The summed E-state index contributed by atoms with van der Waals surface area (Å²) in [6.07, 6.45) is 9.44. The maximum absolute atomic E-state index is 12.0. The Bertz CT molecular complexity index is 623. The number of carbonyl (C=O) groups is 2. The first kappa shape index (κ1) is 17.1. The lowest BCUT2D eigenvalue weighted by Crippen LogP contribution is -2.54. The van der Waals surface area contributed by atoms with E-state index < -0.39 is 0 Å². The van der Waals surface area contributed by atoms with Gasteiger partial charge in [-0.2, -0.15) is 0 Å². The molecule has 0 aromatic rings. The second-order valence-corrected chi connectivity index (χ2v) is 9.29. The molecule has 4 heteroatoms. The van der Waals surface area contributed by atoms with Gasteiger partial charge in [0.1, 0.15) is 6.10 Å². The van der Waals surface area contributed by atoms with Gasteiger partial charge in [0, 0.05) is 25.2 Å². The molecule has 0 aromatic carbocycles. The number of hydrogen-bond acceptors (Lipinski definition) is 4. The molecule has 25 heavy (non-hydrogen) atoms. The molecule has 1 saturated heterocycles. The lowest BCUT2D eigenvalue weighted by atomic mass is 9.47. The molecule has 1 aliphatic heterocycles. The Morgan fingerprint density at radius 1 is 1.20 bits per heavy atom. The van der Waals surface area contributed by atoms with Crippen molar-refractivity contribution in [3.8, 4) is 0 Å². The average Bonchev–Trinajstić information content (AvgIpc) is 2.55. The lowest BCUT2D eigenvalue weighted by molar-refractivity contribution is -0.172. The van der Waals surface area contributed by atoms with Crippen LogP contribution in [0.1, 0.15) is 65.7 Å². The first-order chi connectivity index (χ1) is 11.8. The first-order valence-electron chi connectivity index (χ1n) is 9.84. The zero-order valence-electron chi connectivity index (χ0n) is 15.7. The van der Waals surface area contributed by atoms with Crippen molar-refractivity contribution in [3.05, 3.63) is 11.6 Å². The molecule has 0 unspecified atom stereocenters. The summed E-state index contributed by atoms with van der Waals surface area (Å²) in [5.74, 6) is 1.51. The predicted octanol–water partition coefficient (Wildman–Crippen LogP) is 4.03. The predicted molar refractivity (Wildman–Crippen MR) is 93.6 cm³/mol. The number of rotatable bonds is 1. The van der Waals surface area contributed by atoms with Crippen LogP contribution >= 0.6 is 0 Å². The van der Waals surface area contributed by atoms with Crippen LogP contribution in [0.5, 0.6) is 0 Å². The highest BCUT2D eigenvalue weighted by Crippen LogP contribution is 2.62. The van der Waals surface area contributed by atoms with E-state index in [4.69, 9.17) is 9.47 Å². The largest absolute Gasteiger partial charge is 0.465 e. The maximum atomic E-state index is 12.0. The van der Waals surface area contributed by atoms with E-state index in [1.165, 1.54) is 18.9 Å². The number of cyclic esters (lactones) is 1. The molecule has 0 amide bonds. The fourth-order valence-corrected chi connectivity index (χ4v) is 6.42. The van der Waals surface area contributed by atoms with Gasteiger partial charge in [-0.3, -0.25) is 9.59 Å². The maximum Gasteiger partial charge on any atom is 0.306 e. The Kier molecular flexibility index (Phi) is 4.01. The van der Waals surface area contributed by atoms with Gasteiger partial charge in [0.25, 0.3) is 0 Å². The summed E-state index contributed by atoms with van der Waals surface area (Å²) in [6, 6.07) is 0. The van der Waals surface area contributed by atoms with E-state index in [-0.39, 0.29) is 28.9 Å². The molecule has 0 N–H and O–H groups in total. The van der Waals surface area contributed by atoms with Gasteiger partial charge < -0.3 is 9.47 Å². The quantitative estimate of drug-likeness (QED) is 0.531. The highest BCUT2D eigenvalue weighted by atomic mass is 16.5. The van der Waals surface area contributed by atoms with Gasteiger partial charge in [0.15, 0.2) is 0 Å². The van der Waals surface area contributed by atoms with Crippen LogP contribution in [0.25, 0.3) is 0 Å². The second-order valence-electron chi connectivity index (χ2n) is 9.29. The molecule has 4 rings (SSSR count). The fourth-order valence-electron chi connectivity index (χ4n) is 6.42. The number of esters is 2. The van der Waals surface area contributed by atoms with E-state index in [1.807, 2.05) is 0 Å². The fraction of sp³-hybridized carbons (Fsp3) is 0.810. The minimum Gasteiger partial charge on any atom is -0.465 e. The molecule has 0 radical (unpaired) electrons. The zero-order valence-corrected chi connectivity index (χ0v) is 15.7. The third kappa shape index (κ3) is 2.72. The highest BCUT2D eigenvalue weighted by Gasteiger charge is 2.56. The lowest BCUT2D eigenvalue weighted by Gasteiger charge is -2.59. The number of hydrogen-bond donors (Lipinski definition) is 0. The second kappa shape index (κ2) is 5.85. The van der Waals surface area contributed by atoms with Crippen molar-refractivity contribution in [2.24, 2.45) is 28.6 Å². The summed E-state index contributed by atoms with van der Waals surface area (Å²) in [6.45, 7) is 6.84.